The van der Waals surface area contributed by atoms with Crippen LogP contribution in [-0.4, -0.2) is 47.7 Å². The van der Waals surface area contributed by atoms with Gasteiger partial charge in [0.05, 0.1) is 12.1 Å². The standard InChI is InChI=1S/C18H28N2O2/c1-13-9-10-16-7-5-6-8-17(16)20(13)18(22)15(3)19(4)12-11-14(2)21/h5-8,13-15,21H,9-12H2,1-4H3. The number of carbonyl (C=O) groups excluding carboxylic acids is 1. The number of fused-ring (bicyclic) bond motifs is 1. The van der Waals surface area contributed by atoms with Crippen molar-refractivity contribution in [2.45, 2.75) is 58.2 Å². The predicted molar refractivity (Wildman–Crippen MR) is 90.1 cm³/mol. The van der Waals surface area contributed by atoms with E-state index in [0.29, 0.717) is 13.0 Å². The highest BCUT2D eigenvalue weighted by Gasteiger charge is 2.32. The van der Waals surface area contributed by atoms with Gasteiger partial charge in [0.1, 0.15) is 0 Å². The van der Waals surface area contributed by atoms with Gasteiger partial charge in [-0.05, 0) is 58.7 Å². The molecule has 0 fully saturated rings. The maximum Gasteiger partial charge on any atom is 0.244 e. The minimum absolute atomic E-state index is 0.146. The van der Waals surface area contributed by atoms with E-state index < -0.39 is 0 Å². The molecule has 3 unspecified atom stereocenters. The fourth-order valence-corrected chi connectivity index (χ4v) is 3.00. The largest absolute Gasteiger partial charge is 0.393 e. The maximum absolute atomic E-state index is 13.0. The summed E-state index contributed by atoms with van der Waals surface area (Å²) in [6.45, 7) is 6.57. The molecule has 0 spiro atoms. The second-order valence-corrected chi connectivity index (χ2v) is 6.52. The average molecular weight is 304 g/mol. The summed E-state index contributed by atoms with van der Waals surface area (Å²) >= 11 is 0. The van der Waals surface area contributed by atoms with Crippen LogP contribution in [0.15, 0.2) is 24.3 Å². The SMILES string of the molecule is CC(O)CCN(C)C(C)C(=O)N1c2ccccc2CCC1C. The van der Waals surface area contributed by atoms with Gasteiger partial charge in [-0.1, -0.05) is 18.2 Å². The highest BCUT2D eigenvalue weighted by Crippen LogP contribution is 2.31. The lowest BCUT2D eigenvalue weighted by atomic mass is 9.96. The molecule has 1 N–H and O–H groups in total. The van der Waals surface area contributed by atoms with E-state index in [1.807, 2.05) is 42.0 Å². The van der Waals surface area contributed by atoms with E-state index in [-0.39, 0.29) is 24.1 Å². The number of aryl methyl sites for hydroxylation is 1. The molecule has 1 heterocycles. The molecule has 1 amide bonds. The van der Waals surface area contributed by atoms with Crippen LogP contribution in [0.4, 0.5) is 5.69 Å². The van der Waals surface area contributed by atoms with E-state index in [4.69, 9.17) is 0 Å². The third kappa shape index (κ3) is 3.68. The zero-order valence-electron chi connectivity index (χ0n) is 14.1. The number of anilines is 1. The molecule has 0 aliphatic carbocycles. The molecule has 0 saturated heterocycles. The molecule has 0 saturated carbocycles. The summed E-state index contributed by atoms with van der Waals surface area (Å²) in [6, 6.07) is 8.24. The van der Waals surface area contributed by atoms with Gasteiger partial charge in [0, 0.05) is 18.3 Å². The Bertz CT molecular complexity index is 516. The summed E-state index contributed by atoms with van der Waals surface area (Å²) in [7, 11) is 1.95. The molecule has 0 bridgehead atoms. The fourth-order valence-electron chi connectivity index (χ4n) is 3.00. The minimum Gasteiger partial charge on any atom is -0.393 e. The molecule has 0 radical (unpaired) electrons. The quantitative estimate of drug-likeness (QED) is 0.908. The summed E-state index contributed by atoms with van der Waals surface area (Å²) in [6.07, 6.45) is 2.39. The van der Waals surface area contributed by atoms with Crippen molar-refractivity contribution in [3.8, 4) is 0 Å². The zero-order valence-corrected chi connectivity index (χ0v) is 14.1. The average Bonchev–Trinajstić information content (AvgIpc) is 2.51. The van der Waals surface area contributed by atoms with Crippen molar-refractivity contribution < 1.29 is 9.90 Å². The first kappa shape index (κ1) is 17.0. The Labute approximate surface area is 133 Å². The van der Waals surface area contributed by atoms with Crippen LogP contribution in [0.3, 0.4) is 0 Å². The lowest BCUT2D eigenvalue weighted by Gasteiger charge is -2.38. The van der Waals surface area contributed by atoms with E-state index in [1.165, 1.54) is 5.56 Å². The number of hydrogen-bond acceptors (Lipinski definition) is 3. The number of amides is 1. The number of para-hydroxylation sites is 1. The van der Waals surface area contributed by atoms with Crippen molar-refractivity contribution in [3.05, 3.63) is 29.8 Å². The summed E-state index contributed by atoms with van der Waals surface area (Å²) < 4.78 is 0. The molecule has 22 heavy (non-hydrogen) atoms. The second kappa shape index (κ2) is 7.25. The van der Waals surface area contributed by atoms with Crippen LogP contribution in [0.25, 0.3) is 0 Å². The van der Waals surface area contributed by atoms with E-state index in [9.17, 15) is 9.90 Å². The third-order valence-corrected chi connectivity index (χ3v) is 4.68. The number of hydrogen-bond donors (Lipinski definition) is 1. The number of likely N-dealkylation sites (N-methyl/N-ethyl adjacent to an activating group) is 1. The van der Waals surface area contributed by atoms with Crippen molar-refractivity contribution in [1.29, 1.82) is 0 Å². The second-order valence-electron chi connectivity index (χ2n) is 6.52. The van der Waals surface area contributed by atoms with Crippen molar-refractivity contribution in [2.24, 2.45) is 0 Å². The van der Waals surface area contributed by atoms with Crippen LogP contribution in [0, 0.1) is 0 Å². The monoisotopic (exact) mass is 304 g/mol. The summed E-state index contributed by atoms with van der Waals surface area (Å²) in [4.78, 5) is 17.0. The summed E-state index contributed by atoms with van der Waals surface area (Å²) in [5.74, 6) is 0.146. The molecular weight excluding hydrogens is 276 g/mol. The fraction of sp³-hybridized carbons (Fsp3) is 0.611. The smallest absolute Gasteiger partial charge is 0.244 e. The minimum atomic E-state index is -0.334. The molecule has 4 nitrogen and oxygen atoms in total. The highest BCUT2D eigenvalue weighted by molar-refractivity contribution is 5.98. The van der Waals surface area contributed by atoms with Crippen LogP contribution in [0.1, 0.15) is 39.2 Å². The normalized spacial score (nSPS) is 20.6. The van der Waals surface area contributed by atoms with Crippen molar-refractivity contribution in [2.75, 3.05) is 18.5 Å². The molecule has 1 aromatic rings. The molecule has 1 aliphatic rings. The summed E-state index contributed by atoms with van der Waals surface area (Å²) in [5.41, 5.74) is 2.31. The van der Waals surface area contributed by atoms with Gasteiger partial charge in [-0.3, -0.25) is 9.69 Å². The first-order valence-electron chi connectivity index (χ1n) is 8.21. The lowest BCUT2D eigenvalue weighted by Crippen LogP contribution is -2.51. The zero-order chi connectivity index (χ0) is 16.3. The van der Waals surface area contributed by atoms with Crippen molar-refractivity contribution >= 4 is 11.6 Å². The van der Waals surface area contributed by atoms with Crippen LogP contribution in [-0.2, 0) is 11.2 Å². The van der Waals surface area contributed by atoms with Gasteiger partial charge in [-0.25, -0.2) is 0 Å². The van der Waals surface area contributed by atoms with Crippen LogP contribution < -0.4 is 4.90 Å². The first-order chi connectivity index (χ1) is 10.4. The van der Waals surface area contributed by atoms with Crippen molar-refractivity contribution in [1.82, 2.24) is 4.90 Å². The molecule has 122 valence electrons. The molecular formula is C18H28N2O2. The Balaban J connectivity index is 2.14. The number of carbonyl (C=O) groups is 1. The van der Waals surface area contributed by atoms with Gasteiger partial charge in [0.15, 0.2) is 0 Å². The molecule has 2 rings (SSSR count). The third-order valence-electron chi connectivity index (χ3n) is 4.68. The molecule has 0 aromatic heterocycles. The number of rotatable bonds is 5. The summed E-state index contributed by atoms with van der Waals surface area (Å²) in [5, 5.41) is 9.42. The van der Waals surface area contributed by atoms with Gasteiger partial charge in [-0.2, -0.15) is 0 Å². The van der Waals surface area contributed by atoms with E-state index in [2.05, 4.69) is 13.0 Å². The van der Waals surface area contributed by atoms with E-state index in [1.54, 1.807) is 6.92 Å². The Morgan fingerprint density at radius 3 is 2.77 bits per heavy atom. The van der Waals surface area contributed by atoms with Gasteiger partial charge >= 0.3 is 0 Å². The molecule has 1 aromatic carbocycles. The Hall–Kier alpha value is -1.39. The number of benzene rings is 1. The van der Waals surface area contributed by atoms with Crippen LogP contribution in [0.2, 0.25) is 0 Å². The highest BCUT2D eigenvalue weighted by atomic mass is 16.3. The predicted octanol–water partition coefficient (Wildman–Crippen LogP) is 2.45. The van der Waals surface area contributed by atoms with Gasteiger partial charge in [0.2, 0.25) is 5.91 Å². The number of nitrogens with zero attached hydrogens (tertiary/aromatic N) is 2. The van der Waals surface area contributed by atoms with Gasteiger partial charge in [-0.15, -0.1) is 0 Å². The van der Waals surface area contributed by atoms with E-state index in [0.717, 1.165) is 18.5 Å². The molecule has 4 heteroatoms. The number of aliphatic hydroxyl groups is 1. The van der Waals surface area contributed by atoms with E-state index >= 15 is 0 Å². The van der Waals surface area contributed by atoms with Gasteiger partial charge in [0.25, 0.3) is 0 Å². The number of aliphatic hydroxyl groups excluding tert-OH is 1. The molecule has 1 aliphatic heterocycles. The molecule has 3 atom stereocenters. The van der Waals surface area contributed by atoms with Crippen LogP contribution >= 0.6 is 0 Å². The lowest BCUT2D eigenvalue weighted by molar-refractivity contribution is -0.123. The topological polar surface area (TPSA) is 43.8 Å². The van der Waals surface area contributed by atoms with Gasteiger partial charge < -0.3 is 10.0 Å². The van der Waals surface area contributed by atoms with Crippen LogP contribution in [0.5, 0.6) is 0 Å². The Morgan fingerprint density at radius 2 is 2.09 bits per heavy atom. The van der Waals surface area contributed by atoms with Crippen molar-refractivity contribution in [3.63, 3.8) is 0 Å². The first-order valence-corrected chi connectivity index (χ1v) is 8.21. The Morgan fingerprint density at radius 1 is 1.41 bits per heavy atom. The Kier molecular flexibility index (Phi) is 5.59. The maximum atomic E-state index is 13.0.